The van der Waals surface area contributed by atoms with Crippen LogP contribution in [0.3, 0.4) is 0 Å². The van der Waals surface area contributed by atoms with Crippen LogP contribution in [0.15, 0.2) is 36.7 Å². The number of rotatable bonds is 4. The third-order valence-electron chi connectivity index (χ3n) is 4.43. The Morgan fingerprint density at radius 3 is 2.67 bits per heavy atom. The Kier molecular flexibility index (Phi) is 5.64. The second-order valence-electron chi connectivity index (χ2n) is 6.28. The lowest BCUT2D eigenvalue weighted by molar-refractivity contribution is -0.345. The number of nitrogens with zero attached hydrogens (tertiary/aromatic N) is 1. The van der Waals surface area contributed by atoms with Gasteiger partial charge in [0.05, 0.1) is 13.3 Å². The van der Waals surface area contributed by atoms with Crippen molar-refractivity contribution in [1.29, 1.82) is 0 Å². The van der Waals surface area contributed by atoms with Gasteiger partial charge in [0.2, 0.25) is 6.29 Å². The van der Waals surface area contributed by atoms with E-state index in [4.69, 9.17) is 21.1 Å². The van der Waals surface area contributed by atoms with E-state index in [0.29, 0.717) is 28.3 Å². The fourth-order valence-corrected chi connectivity index (χ4v) is 3.11. The van der Waals surface area contributed by atoms with Crippen LogP contribution in [0.1, 0.15) is 22.8 Å². The van der Waals surface area contributed by atoms with Crippen molar-refractivity contribution in [2.75, 3.05) is 7.11 Å². The van der Waals surface area contributed by atoms with E-state index in [-0.39, 0.29) is 0 Å². The Labute approximate surface area is 159 Å². The van der Waals surface area contributed by atoms with E-state index < -0.39 is 30.5 Å². The first kappa shape index (κ1) is 19.9. The molecule has 0 spiro atoms. The Morgan fingerprint density at radius 1 is 1.22 bits per heavy atom. The smallest absolute Gasteiger partial charge is 0.325 e. The number of aliphatic hydroxyl groups excluding tert-OH is 3. The van der Waals surface area contributed by atoms with Gasteiger partial charge in [0, 0.05) is 17.6 Å². The number of hydrogen-bond acceptors (Lipinski definition) is 6. The van der Waals surface area contributed by atoms with Crippen LogP contribution >= 0.6 is 11.6 Å². The molecule has 0 amide bonds. The van der Waals surface area contributed by atoms with Crippen LogP contribution in [0.5, 0.6) is 5.75 Å². The predicted molar refractivity (Wildman–Crippen MR) is 91.8 cm³/mol. The Morgan fingerprint density at radius 2 is 1.96 bits per heavy atom. The highest BCUT2D eigenvalue weighted by atomic mass is 35.5. The average Bonchev–Trinajstić information content (AvgIpc) is 2.65. The molecule has 3 rings (SSSR count). The third kappa shape index (κ3) is 3.90. The molecule has 27 heavy (non-hydrogen) atoms. The first-order valence-corrected chi connectivity index (χ1v) is 8.45. The summed E-state index contributed by atoms with van der Waals surface area (Å²) in [7, 11) is 1.52. The highest BCUT2D eigenvalue weighted by molar-refractivity contribution is 6.31. The van der Waals surface area contributed by atoms with Crippen molar-refractivity contribution in [2.24, 2.45) is 0 Å². The topological polar surface area (TPSA) is 92.0 Å². The van der Waals surface area contributed by atoms with Crippen LogP contribution in [0.4, 0.5) is 8.78 Å². The van der Waals surface area contributed by atoms with E-state index in [1.165, 1.54) is 19.2 Å². The highest BCUT2D eigenvalue weighted by Gasteiger charge is 2.57. The minimum Gasteiger partial charge on any atom is -0.495 e. The van der Waals surface area contributed by atoms with Crippen molar-refractivity contribution >= 4 is 11.6 Å². The van der Waals surface area contributed by atoms with E-state index in [9.17, 15) is 24.1 Å². The van der Waals surface area contributed by atoms with Crippen molar-refractivity contribution < 1.29 is 33.6 Å². The second-order valence-corrected chi connectivity index (χ2v) is 6.69. The summed E-state index contributed by atoms with van der Waals surface area (Å²) in [5.74, 6) is -3.41. The quantitative estimate of drug-likeness (QED) is 0.726. The molecule has 1 aliphatic heterocycles. The van der Waals surface area contributed by atoms with Gasteiger partial charge >= 0.3 is 5.92 Å². The Hall–Kier alpha value is -1.84. The number of ether oxygens (including phenoxy) is 2. The van der Waals surface area contributed by atoms with E-state index >= 15 is 0 Å². The molecule has 2 heterocycles. The van der Waals surface area contributed by atoms with Crippen LogP contribution in [-0.4, -0.2) is 51.8 Å². The molecule has 0 unspecified atom stereocenters. The zero-order valence-corrected chi connectivity index (χ0v) is 15.0. The van der Waals surface area contributed by atoms with Gasteiger partial charge < -0.3 is 24.8 Å². The molecule has 0 saturated carbocycles. The molecular weight excluding hydrogens is 384 g/mol. The van der Waals surface area contributed by atoms with Crippen LogP contribution in [0.25, 0.3) is 0 Å². The van der Waals surface area contributed by atoms with Crippen LogP contribution in [0, 0.1) is 0 Å². The highest BCUT2D eigenvalue weighted by Crippen LogP contribution is 2.40. The number of methoxy groups -OCH3 is 1. The summed E-state index contributed by atoms with van der Waals surface area (Å²) in [5.41, 5.74) is 1.72. The molecule has 146 valence electrons. The lowest BCUT2D eigenvalue weighted by atomic mass is 9.92. The molecule has 0 aliphatic carbocycles. The van der Waals surface area contributed by atoms with E-state index in [1.807, 2.05) is 0 Å². The van der Waals surface area contributed by atoms with Gasteiger partial charge in [0.1, 0.15) is 18.0 Å². The Balaban J connectivity index is 1.89. The van der Waals surface area contributed by atoms with Crippen molar-refractivity contribution in [2.45, 2.75) is 36.9 Å². The maximum atomic E-state index is 13.6. The number of aliphatic hydroxyl groups is 3. The fraction of sp³-hybridized carbons (Fsp3) is 0.389. The zero-order chi connectivity index (χ0) is 19.8. The summed E-state index contributed by atoms with van der Waals surface area (Å²) in [6.07, 6.45) is -4.72. The van der Waals surface area contributed by atoms with Crippen LogP contribution in [-0.2, 0) is 11.2 Å². The molecule has 0 bridgehead atoms. The molecule has 6 nitrogen and oxygen atoms in total. The average molecular weight is 402 g/mol. The summed E-state index contributed by atoms with van der Waals surface area (Å²) < 4.78 is 37.2. The van der Waals surface area contributed by atoms with Crippen molar-refractivity contribution in [3.63, 3.8) is 0 Å². The number of halogens is 3. The van der Waals surface area contributed by atoms with Crippen molar-refractivity contribution in [3.8, 4) is 5.75 Å². The molecule has 0 radical (unpaired) electrons. The number of pyridine rings is 1. The number of benzene rings is 1. The lowest BCUT2D eigenvalue weighted by Crippen LogP contribution is -2.58. The predicted octanol–water partition coefficient (Wildman–Crippen LogP) is 2.08. The van der Waals surface area contributed by atoms with Gasteiger partial charge in [-0.1, -0.05) is 23.7 Å². The number of aromatic nitrogens is 1. The summed E-state index contributed by atoms with van der Waals surface area (Å²) in [6.45, 7) is 0. The standard InChI is InChI=1S/C18H18ClF2NO5/c1-26-12-5-9(7-22-8-12)4-11-6-10(2-3-13(11)19)15-14(23)16(24)18(20,21)17(25)27-15/h2-3,5-8,14-17,23-25H,4H2,1H3/t14-,15-,16+,17-/m0/s1. The molecule has 1 aliphatic rings. The van der Waals surface area contributed by atoms with Gasteiger partial charge in [0.25, 0.3) is 0 Å². The SMILES string of the molecule is COc1cncc(Cc2cc([C@@H]3O[C@H](O)C(F)(F)[C@H](O)[C@H]3O)ccc2Cl)c1. The number of hydrogen-bond donors (Lipinski definition) is 3. The van der Waals surface area contributed by atoms with Crippen molar-refractivity contribution in [1.82, 2.24) is 4.98 Å². The normalized spacial score (nSPS) is 27.4. The molecule has 9 heteroatoms. The monoisotopic (exact) mass is 401 g/mol. The first-order valence-electron chi connectivity index (χ1n) is 8.07. The minimum atomic E-state index is -3.97. The molecule has 3 N–H and O–H groups in total. The molecule has 4 atom stereocenters. The third-order valence-corrected chi connectivity index (χ3v) is 4.80. The van der Waals surface area contributed by atoms with E-state index in [1.54, 1.807) is 24.5 Å². The van der Waals surface area contributed by atoms with Gasteiger partial charge in [-0.3, -0.25) is 4.98 Å². The van der Waals surface area contributed by atoms with Gasteiger partial charge in [-0.25, -0.2) is 0 Å². The van der Waals surface area contributed by atoms with Gasteiger partial charge in [0.15, 0.2) is 6.10 Å². The second kappa shape index (κ2) is 7.65. The molecule has 1 aromatic heterocycles. The maximum absolute atomic E-state index is 13.6. The lowest BCUT2D eigenvalue weighted by Gasteiger charge is -2.40. The zero-order valence-electron chi connectivity index (χ0n) is 14.2. The minimum absolute atomic E-state index is 0.298. The summed E-state index contributed by atoms with van der Waals surface area (Å²) in [6, 6.07) is 6.35. The van der Waals surface area contributed by atoms with Gasteiger partial charge in [-0.05, 0) is 28.8 Å². The molecular formula is C18H18ClF2NO5. The summed E-state index contributed by atoms with van der Waals surface area (Å²) in [4.78, 5) is 4.06. The van der Waals surface area contributed by atoms with Crippen LogP contribution in [0.2, 0.25) is 5.02 Å². The largest absolute Gasteiger partial charge is 0.495 e. The first-order chi connectivity index (χ1) is 12.7. The van der Waals surface area contributed by atoms with Crippen LogP contribution < -0.4 is 4.74 Å². The summed E-state index contributed by atoms with van der Waals surface area (Å²) >= 11 is 6.22. The summed E-state index contributed by atoms with van der Waals surface area (Å²) in [5, 5.41) is 29.6. The molecule has 1 fully saturated rings. The Bertz CT molecular complexity index is 822. The van der Waals surface area contributed by atoms with Gasteiger partial charge in [-0.2, -0.15) is 8.78 Å². The van der Waals surface area contributed by atoms with Crippen molar-refractivity contribution in [3.05, 3.63) is 58.4 Å². The van der Waals surface area contributed by atoms with E-state index in [2.05, 4.69) is 4.98 Å². The number of alkyl halides is 2. The molecule has 1 aromatic carbocycles. The fourth-order valence-electron chi connectivity index (χ4n) is 2.92. The van der Waals surface area contributed by atoms with Gasteiger partial charge in [-0.15, -0.1) is 0 Å². The molecule has 1 saturated heterocycles. The van der Waals surface area contributed by atoms with E-state index in [0.717, 1.165) is 5.56 Å². The molecule has 2 aromatic rings. The maximum Gasteiger partial charge on any atom is 0.325 e.